The van der Waals surface area contributed by atoms with Crippen LogP contribution in [0.25, 0.3) is 22.0 Å². The number of carboxylic acids is 1. The standard InChI is InChI=1S/C19H15ClN2O6/c1-27-15-7-10-13(8-16(15)28-2)21-17(22-18(10)24)12(20)6-9-3-4-14(23)11(5-9)19(25)26/h3-8,23H,1-2H3,(H,25,26)(H,21,22,24)/b12-6-. The number of halogens is 1. The van der Waals surface area contributed by atoms with Crippen molar-refractivity contribution < 1.29 is 24.5 Å². The van der Waals surface area contributed by atoms with E-state index in [1.54, 1.807) is 6.07 Å². The highest BCUT2D eigenvalue weighted by molar-refractivity contribution is 6.50. The fourth-order valence-corrected chi connectivity index (χ4v) is 2.82. The number of carbonyl (C=O) groups is 1. The Hall–Kier alpha value is -3.52. The molecule has 0 bridgehead atoms. The summed E-state index contributed by atoms with van der Waals surface area (Å²) in [6.07, 6.45) is 1.43. The van der Waals surface area contributed by atoms with Crippen LogP contribution in [-0.2, 0) is 0 Å². The second-order valence-electron chi connectivity index (χ2n) is 5.71. The second kappa shape index (κ2) is 7.61. The topological polar surface area (TPSA) is 122 Å². The lowest BCUT2D eigenvalue weighted by Crippen LogP contribution is -2.11. The first kappa shape index (κ1) is 19.2. The predicted molar refractivity (Wildman–Crippen MR) is 104 cm³/mol. The molecular formula is C19H15ClN2O6. The van der Waals surface area contributed by atoms with E-state index < -0.39 is 11.5 Å². The van der Waals surface area contributed by atoms with Crippen molar-refractivity contribution in [2.24, 2.45) is 0 Å². The number of ether oxygens (including phenoxy) is 2. The van der Waals surface area contributed by atoms with Gasteiger partial charge in [0.15, 0.2) is 17.3 Å². The number of phenols is 1. The van der Waals surface area contributed by atoms with Gasteiger partial charge in [0.1, 0.15) is 11.3 Å². The molecule has 3 N–H and O–H groups in total. The van der Waals surface area contributed by atoms with Gasteiger partial charge in [0.2, 0.25) is 0 Å². The van der Waals surface area contributed by atoms with Crippen LogP contribution >= 0.6 is 11.6 Å². The number of methoxy groups -OCH3 is 2. The Morgan fingerprint density at radius 1 is 1.18 bits per heavy atom. The third-order valence-electron chi connectivity index (χ3n) is 3.98. The van der Waals surface area contributed by atoms with Gasteiger partial charge in [-0.1, -0.05) is 17.7 Å². The van der Waals surface area contributed by atoms with Crippen molar-refractivity contribution in [2.75, 3.05) is 14.2 Å². The number of nitrogens with zero attached hydrogens (tertiary/aromatic N) is 1. The molecule has 0 aliphatic rings. The van der Waals surface area contributed by atoms with E-state index in [0.717, 1.165) is 0 Å². The van der Waals surface area contributed by atoms with Crippen LogP contribution in [-0.4, -0.2) is 40.4 Å². The van der Waals surface area contributed by atoms with E-state index in [9.17, 15) is 14.7 Å². The molecule has 0 aliphatic carbocycles. The summed E-state index contributed by atoms with van der Waals surface area (Å²) in [5.74, 6) is -0.747. The van der Waals surface area contributed by atoms with E-state index in [4.69, 9.17) is 26.2 Å². The SMILES string of the molecule is COc1cc2nc(/C(Cl)=C/c3ccc(O)c(C(=O)O)c3)[nH]c(=O)c2cc1OC. The van der Waals surface area contributed by atoms with Gasteiger partial charge in [-0.3, -0.25) is 4.79 Å². The molecule has 144 valence electrons. The molecule has 28 heavy (non-hydrogen) atoms. The number of benzene rings is 2. The van der Waals surface area contributed by atoms with Crippen LogP contribution in [0.4, 0.5) is 0 Å². The van der Waals surface area contributed by atoms with Crippen molar-refractivity contribution in [3.05, 3.63) is 57.6 Å². The third kappa shape index (κ3) is 3.63. The molecular weight excluding hydrogens is 388 g/mol. The van der Waals surface area contributed by atoms with Crippen LogP contribution in [0.3, 0.4) is 0 Å². The molecule has 0 saturated heterocycles. The Morgan fingerprint density at radius 2 is 1.86 bits per heavy atom. The van der Waals surface area contributed by atoms with Gasteiger partial charge in [-0.15, -0.1) is 0 Å². The van der Waals surface area contributed by atoms with Crippen molar-refractivity contribution in [1.29, 1.82) is 0 Å². The molecule has 0 atom stereocenters. The average Bonchev–Trinajstić information content (AvgIpc) is 2.68. The van der Waals surface area contributed by atoms with Gasteiger partial charge in [-0.25, -0.2) is 9.78 Å². The predicted octanol–water partition coefficient (Wildman–Crippen LogP) is 3.08. The molecule has 1 aromatic heterocycles. The molecule has 0 spiro atoms. The summed E-state index contributed by atoms with van der Waals surface area (Å²) in [5, 5.41) is 19.1. The van der Waals surface area contributed by atoms with Crippen LogP contribution in [0.5, 0.6) is 17.2 Å². The summed E-state index contributed by atoms with van der Waals surface area (Å²) in [6.45, 7) is 0. The molecule has 3 aromatic rings. The molecule has 2 aromatic carbocycles. The summed E-state index contributed by atoms with van der Waals surface area (Å²) in [7, 11) is 2.93. The van der Waals surface area contributed by atoms with Crippen molar-refractivity contribution in [3.63, 3.8) is 0 Å². The number of nitrogens with one attached hydrogen (secondary N) is 1. The number of aromatic amines is 1. The Labute approximate surface area is 163 Å². The number of fused-ring (bicyclic) bond motifs is 1. The van der Waals surface area contributed by atoms with Crippen LogP contribution in [0, 0.1) is 0 Å². The van der Waals surface area contributed by atoms with Gasteiger partial charge in [-0.05, 0) is 29.8 Å². The minimum absolute atomic E-state index is 0.0795. The number of aromatic nitrogens is 2. The molecule has 0 radical (unpaired) electrons. The Bertz CT molecular complexity index is 1170. The van der Waals surface area contributed by atoms with Gasteiger partial charge < -0.3 is 24.7 Å². The molecule has 0 fully saturated rings. The van der Waals surface area contributed by atoms with Crippen molar-refractivity contribution >= 4 is 39.6 Å². The van der Waals surface area contributed by atoms with E-state index in [2.05, 4.69) is 9.97 Å². The van der Waals surface area contributed by atoms with Crippen LogP contribution in [0.15, 0.2) is 35.1 Å². The highest BCUT2D eigenvalue weighted by atomic mass is 35.5. The second-order valence-corrected chi connectivity index (χ2v) is 6.12. The zero-order valence-corrected chi connectivity index (χ0v) is 15.6. The summed E-state index contributed by atoms with van der Waals surface area (Å²) in [5.41, 5.74) is 0.0644. The van der Waals surface area contributed by atoms with E-state index in [0.29, 0.717) is 28.0 Å². The van der Waals surface area contributed by atoms with Crippen molar-refractivity contribution in [1.82, 2.24) is 9.97 Å². The van der Waals surface area contributed by atoms with E-state index in [1.807, 2.05) is 0 Å². The lowest BCUT2D eigenvalue weighted by molar-refractivity contribution is 0.0693. The highest BCUT2D eigenvalue weighted by Crippen LogP contribution is 2.31. The fourth-order valence-electron chi connectivity index (χ4n) is 2.61. The maximum Gasteiger partial charge on any atom is 0.339 e. The first-order valence-electron chi connectivity index (χ1n) is 7.94. The number of aromatic carboxylic acids is 1. The molecule has 3 rings (SSSR count). The minimum atomic E-state index is -1.28. The van der Waals surface area contributed by atoms with Crippen LogP contribution in [0.1, 0.15) is 21.7 Å². The lowest BCUT2D eigenvalue weighted by Gasteiger charge is -2.09. The zero-order chi connectivity index (χ0) is 20.4. The summed E-state index contributed by atoms with van der Waals surface area (Å²) < 4.78 is 10.4. The Kier molecular flexibility index (Phi) is 5.23. The van der Waals surface area contributed by atoms with Gasteiger partial charge in [-0.2, -0.15) is 0 Å². The number of carboxylic acid groups (broad SMARTS) is 1. The van der Waals surface area contributed by atoms with Gasteiger partial charge in [0.25, 0.3) is 5.56 Å². The van der Waals surface area contributed by atoms with E-state index in [1.165, 1.54) is 44.6 Å². The number of aromatic hydroxyl groups is 1. The van der Waals surface area contributed by atoms with Gasteiger partial charge in [0.05, 0.1) is 30.2 Å². The third-order valence-corrected chi connectivity index (χ3v) is 4.27. The summed E-state index contributed by atoms with van der Waals surface area (Å²) in [4.78, 5) is 30.5. The maximum absolute atomic E-state index is 12.4. The molecule has 1 heterocycles. The molecule has 0 saturated carbocycles. The summed E-state index contributed by atoms with van der Waals surface area (Å²) in [6, 6.07) is 7.05. The van der Waals surface area contributed by atoms with Crippen molar-refractivity contribution in [3.8, 4) is 17.2 Å². The molecule has 9 heteroatoms. The van der Waals surface area contributed by atoms with E-state index >= 15 is 0 Å². The Balaban J connectivity index is 2.10. The highest BCUT2D eigenvalue weighted by Gasteiger charge is 2.13. The molecule has 8 nitrogen and oxygen atoms in total. The minimum Gasteiger partial charge on any atom is -0.507 e. The number of rotatable bonds is 5. The smallest absolute Gasteiger partial charge is 0.339 e. The largest absolute Gasteiger partial charge is 0.507 e. The number of hydrogen-bond acceptors (Lipinski definition) is 6. The first-order chi connectivity index (χ1) is 13.3. The monoisotopic (exact) mass is 402 g/mol. The lowest BCUT2D eigenvalue weighted by atomic mass is 10.1. The normalized spacial score (nSPS) is 11.5. The van der Waals surface area contributed by atoms with Gasteiger partial charge >= 0.3 is 5.97 Å². The number of hydrogen-bond donors (Lipinski definition) is 3. The molecule has 0 amide bonds. The Morgan fingerprint density at radius 3 is 2.50 bits per heavy atom. The average molecular weight is 403 g/mol. The fraction of sp³-hybridized carbons (Fsp3) is 0.105. The summed E-state index contributed by atoms with van der Waals surface area (Å²) >= 11 is 6.28. The number of H-pyrrole nitrogens is 1. The molecule has 0 aliphatic heterocycles. The zero-order valence-electron chi connectivity index (χ0n) is 14.8. The maximum atomic E-state index is 12.4. The molecule has 0 unspecified atom stereocenters. The van der Waals surface area contributed by atoms with Crippen LogP contribution in [0.2, 0.25) is 0 Å². The quantitative estimate of drug-likeness (QED) is 0.599. The van der Waals surface area contributed by atoms with Crippen LogP contribution < -0.4 is 15.0 Å². The van der Waals surface area contributed by atoms with Gasteiger partial charge in [0, 0.05) is 6.07 Å². The van der Waals surface area contributed by atoms with Crippen molar-refractivity contribution in [2.45, 2.75) is 0 Å². The first-order valence-corrected chi connectivity index (χ1v) is 8.31. The van der Waals surface area contributed by atoms with E-state index in [-0.39, 0.29) is 22.2 Å².